The molecule has 2 nitrogen and oxygen atoms in total. The third kappa shape index (κ3) is 3.41. The number of amides is 1. The highest BCUT2D eigenvalue weighted by atomic mass is 79.9. The molecule has 2 aromatic carbocycles. The Morgan fingerprint density at radius 1 is 1.11 bits per heavy atom. The number of carbonyl (C=O) groups is 1. The smallest absolute Gasteiger partial charge is 0.255 e. The molecule has 0 aliphatic carbocycles. The highest BCUT2D eigenvalue weighted by molar-refractivity contribution is 9.10. The Morgan fingerprint density at radius 3 is 2.47 bits per heavy atom. The molecule has 1 amide bonds. The standard InChI is InChI=1S/C15H13BrFNO/c1-9-3-4-14(13(17)7-9)18-15(19)11-5-10(2)6-12(16)8-11/h3-8H,1-2H3,(H,18,19). The van der Waals surface area contributed by atoms with Gasteiger partial charge in [0.15, 0.2) is 0 Å². The van der Waals surface area contributed by atoms with Crippen LogP contribution in [0, 0.1) is 19.7 Å². The van der Waals surface area contributed by atoms with Crippen molar-refractivity contribution in [3.8, 4) is 0 Å². The summed E-state index contributed by atoms with van der Waals surface area (Å²) in [5.41, 5.74) is 2.46. The summed E-state index contributed by atoms with van der Waals surface area (Å²) in [5.74, 6) is -0.757. The third-order valence-corrected chi connectivity index (χ3v) is 3.13. The molecule has 0 unspecified atom stereocenters. The molecule has 0 radical (unpaired) electrons. The summed E-state index contributed by atoms with van der Waals surface area (Å²) in [6.07, 6.45) is 0. The number of hydrogen-bond donors (Lipinski definition) is 1. The first-order valence-electron chi connectivity index (χ1n) is 5.80. The van der Waals surface area contributed by atoms with Gasteiger partial charge in [0.05, 0.1) is 5.69 Å². The van der Waals surface area contributed by atoms with Crippen LogP contribution in [0.5, 0.6) is 0 Å². The van der Waals surface area contributed by atoms with Gasteiger partial charge in [-0.3, -0.25) is 4.79 Å². The lowest BCUT2D eigenvalue weighted by Crippen LogP contribution is -2.13. The summed E-state index contributed by atoms with van der Waals surface area (Å²) in [5, 5.41) is 2.57. The Hall–Kier alpha value is -1.68. The Kier molecular flexibility index (Phi) is 4.00. The predicted molar refractivity (Wildman–Crippen MR) is 78.0 cm³/mol. The lowest BCUT2D eigenvalue weighted by Gasteiger charge is -2.08. The zero-order valence-electron chi connectivity index (χ0n) is 10.6. The third-order valence-electron chi connectivity index (χ3n) is 2.68. The van der Waals surface area contributed by atoms with Crippen molar-refractivity contribution >= 4 is 27.5 Å². The van der Waals surface area contributed by atoms with Gasteiger partial charge < -0.3 is 5.32 Å². The summed E-state index contributed by atoms with van der Waals surface area (Å²) in [7, 11) is 0. The SMILES string of the molecule is Cc1cc(Br)cc(C(=O)Nc2ccc(C)cc2F)c1. The van der Waals surface area contributed by atoms with Crippen molar-refractivity contribution in [1.82, 2.24) is 0 Å². The molecule has 0 atom stereocenters. The van der Waals surface area contributed by atoms with Gasteiger partial charge in [0.2, 0.25) is 0 Å². The normalized spacial score (nSPS) is 10.3. The van der Waals surface area contributed by atoms with Crippen molar-refractivity contribution < 1.29 is 9.18 Å². The molecule has 0 fully saturated rings. The molecule has 0 heterocycles. The van der Waals surface area contributed by atoms with E-state index in [0.29, 0.717) is 5.56 Å². The molecule has 0 bridgehead atoms. The molecule has 1 N–H and O–H groups in total. The van der Waals surface area contributed by atoms with Gasteiger partial charge in [-0.1, -0.05) is 22.0 Å². The first-order chi connectivity index (χ1) is 8.95. The monoisotopic (exact) mass is 321 g/mol. The Balaban J connectivity index is 2.25. The molecule has 19 heavy (non-hydrogen) atoms. The van der Waals surface area contributed by atoms with Crippen LogP contribution < -0.4 is 5.32 Å². The number of nitrogens with one attached hydrogen (secondary N) is 1. The average Bonchev–Trinajstić information content (AvgIpc) is 2.31. The van der Waals surface area contributed by atoms with Gasteiger partial charge in [-0.05, 0) is 55.3 Å². The largest absolute Gasteiger partial charge is 0.319 e. The molecule has 98 valence electrons. The second-order valence-corrected chi connectivity index (χ2v) is 5.37. The minimum atomic E-state index is -0.430. The van der Waals surface area contributed by atoms with E-state index in [1.807, 2.05) is 13.0 Å². The lowest BCUT2D eigenvalue weighted by molar-refractivity contribution is 0.102. The first-order valence-corrected chi connectivity index (χ1v) is 6.60. The van der Waals surface area contributed by atoms with E-state index in [2.05, 4.69) is 21.2 Å². The van der Waals surface area contributed by atoms with Gasteiger partial charge in [-0.25, -0.2) is 4.39 Å². The van der Waals surface area contributed by atoms with Crippen molar-refractivity contribution in [2.24, 2.45) is 0 Å². The fourth-order valence-corrected chi connectivity index (χ4v) is 2.39. The van der Waals surface area contributed by atoms with Gasteiger partial charge in [0, 0.05) is 10.0 Å². The maximum Gasteiger partial charge on any atom is 0.255 e. The number of anilines is 1. The number of hydrogen-bond acceptors (Lipinski definition) is 1. The fraction of sp³-hybridized carbons (Fsp3) is 0.133. The van der Waals surface area contributed by atoms with Crippen LogP contribution in [-0.2, 0) is 0 Å². The average molecular weight is 322 g/mol. The zero-order chi connectivity index (χ0) is 14.0. The van der Waals surface area contributed by atoms with E-state index in [1.54, 1.807) is 31.2 Å². The minimum Gasteiger partial charge on any atom is -0.319 e. The van der Waals surface area contributed by atoms with Crippen LogP contribution >= 0.6 is 15.9 Å². The summed E-state index contributed by atoms with van der Waals surface area (Å²) < 4.78 is 14.5. The van der Waals surface area contributed by atoms with Crippen molar-refractivity contribution in [1.29, 1.82) is 0 Å². The number of rotatable bonds is 2. The Morgan fingerprint density at radius 2 is 1.84 bits per heavy atom. The van der Waals surface area contributed by atoms with E-state index >= 15 is 0 Å². The summed E-state index contributed by atoms with van der Waals surface area (Å²) in [6, 6.07) is 10.1. The molecule has 4 heteroatoms. The van der Waals surface area contributed by atoms with E-state index in [-0.39, 0.29) is 11.6 Å². The molecule has 0 aliphatic rings. The van der Waals surface area contributed by atoms with E-state index in [1.165, 1.54) is 6.07 Å². The number of benzene rings is 2. The van der Waals surface area contributed by atoms with Gasteiger partial charge in [-0.2, -0.15) is 0 Å². The van der Waals surface area contributed by atoms with Gasteiger partial charge >= 0.3 is 0 Å². The van der Waals surface area contributed by atoms with E-state index in [0.717, 1.165) is 15.6 Å². The first kappa shape index (κ1) is 13.7. The Labute approximate surface area is 119 Å². The molecule has 0 aliphatic heterocycles. The summed E-state index contributed by atoms with van der Waals surface area (Å²) in [6.45, 7) is 3.69. The zero-order valence-corrected chi connectivity index (χ0v) is 12.2. The number of carbonyl (C=O) groups excluding carboxylic acids is 1. The molecule has 0 aromatic heterocycles. The molecule has 2 rings (SSSR count). The summed E-state index contributed by atoms with van der Waals surface area (Å²) >= 11 is 3.34. The second-order valence-electron chi connectivity index (χ2n) is 4.45. The van der Waals surface area contributed by atoms with Crippen LogP contribution in [0.25, 0.3) is 0 Å². The van der Waals surface area contributed by atoms with Gasteiger partial charge in [0.1, 0.15) is 5.82 Å². The maximum absolute atomic E-state index is 13.7. The molecular formula is C15H13BrFNO. The van der Waals surface area contributed by atoms with Crippen LogP contribution in [0.15, 0.2) is 40.9 Å². The molecule has 0 saturated heterocycles. The number of aryl methyl sites for hydroxylation is 2. The molecular weight excluding hydrogens is 309 g/mol. The van der Waals surface area contributed by atoms with Crippen LogP contribution in [0.2, 0.25) is 0 Å². The maximum atomic E-state index is 13.7. The Bertz CT molecular complexity index is 620. The van der Waals surface area contributed by atoms with E-state index in [9.17, 15) is 9.18 Å². The quantitative estimate of drug-likeness (QED) is 0.869. The summed E-state index contributed by atoms with van der Waals surface area (Å²) in [4.78, 5) is 12.1. The second kappa shape index (κ2) is 5.53. The van der Waals surface area contributed by atoms with Gasteiger partial charge in [-0.15, -0.1) is 0 Å². The molecule has 0 saturated carbocycles. The van der Waals surface area contributed by atoms with Crippen molar-refractivity contribution in [3.63, 3.8) is 0 Å². The molecule has 0 spiro atoms. The number of halogens is 2. The van der Waals surface area contributed by atoms with Crippen molar-refractivity contribution in [2.75, 3.05) is 5.32 Å². The van der Waals surface area contributed by atoms with Crippen molar-refractivity contribution in [3.05, 3.63) is 63.4 Å². The van der Waals surface area contributed by atoms with Crippen LogP contribution in [-0.4, -0.2) is 5.91 Å². The predicted octanol–water partition coefficient (Wildman–Crippen LogP) is 4.46. The van der Waals surface area contributed by atoms with E-state index < -0.39 is 5.82 Å². The highest BCUT2D eigenvalue weighted by Crippen LogP contribution is 2.19. The fourth-order valence-electron chi connectivity index (χ4n) is 1.78. The van der Waals surface area contributed by atoms with Crippen molar-refractivity contribution in [2.45, 2.75) is 13.8 Å². The highest BCUT2D eigenvalue weighted by Gasteiger charge is 2.10. The van der Waals surface area contributed by atoms with E-state index in [4.69, 9.17) is 0 Å². The minimum absolute atomic E-state index is 0.188. The lowest BCUT2D eigenvalue weighted by atomic mass is 10.1. The van der Waals surface area contributed by atoms with Crippen LogP contribution in [0.4, 0.5) is 10.1 Å². The molecule has 2 aromatic rings. The van der Waals surface area contributed by atoms with Gasteiger partial charge in [0.25, 0.3) is 5.91 Å². The van der Waals surface area contributed by atoms with Crippen LogP contribution in [0.1, 0.15) is 21.5 Å². The van der Waals surface area contributed by atoms with Crippen LogP contribution in [0.3, 0.4) is 0 Å². The topological polar surface area (TPSA) is 29.1 Å².